The second-order valence-electron chi connectivity index (χ2n) is 7.43. The van der Waals surface area contributed by atoms with Crippen molar-refractivity contribution in [1.82, 2.24) is 20.3 Å². The average Bonchev–Trinajstić information content (AvgIpc) is 2.72. The van der Waals surface area contributed by atoms with Gasteiger partial charge in [-0.05, 0) is 43.4 Å². The summed E-state index contributed by atoms with van der Waals surface area (Å²) in [6, 6.07) is 7.32. The number of hydrogen-bond acceptors (Lipinski definition) is 6. The maximum atomic E-state index is 4.77. The molecule has 1 saturated heterocycles. The summed E-state index contributed by atoms with van der Waals surface area (Å²) >= 11 is 0. The van der Waals surface area contributed by atoms with E-state index in [-0.39, 0.29) is 0 Å². The summed E-state index contributed by atoms with van der Waals surface area (Å²) in [5, 5.41) is 3.85. The standard InChI is InChI=1S/C21H32N6/c1-5-17-15-20(25-21(24-17)26(3)4)27-13-9-18(10-14-27)23-19(6-2)16-7-11-22-12-8-16/h7-8,11-12,15,18-19,23H,5-6,9-10,13-14H2,1-4H3/t19-/m0/s1. The predicted octanol–water partition coefficient (Wildman–Crippen LogP) is 3.21. The molecule has 2 aromatic heterocycles. The van der Waals surface area contributed by atoms with E-state index < -0.39 is 0 Å². The van der Waals surface area contributed by atoms with Crippen LogP contribution in [-0.4, -0.2) is 48.2 Å². The SMILES string of the molecule is CCc1cc(N2CCC(N[C@@H](CC)c3ccncc3)CC2)nc(N(C)C)n1. The normalized spacial score (nSPS) is 16.4. The number of nitrogens with one attached hydrogen (secondary N) is 1. The molecule has 3 rings (SSSR count). The van der Waals surface area contributed by atoms with Gasteiger partial charge in [-0.15, -0.1) is 0 Å². The highest BCUT2D eigenvalue weighted by atomic mass is 15.3. The van der Waals surface area contributed by atoms with Crippen LogP contribution >= 0.6 is 0 Å². The molecule has 27 heavy (non-hydrogen) atoms. The van der Waals surface area contributed by atoms with Gasteiger partial charge in [0.1, 0.15) is 5.82 Å². The Morgan fingerprint density at radius 3 is 2.44 bits per heavy atom. The number of aromatic nitrogens is 3. The lowest BCUT2D eigenvalue weighted by Crippen LogP contribution is -2.44. The number of hydrogen-bond donors (Lipinski definition) is 1. The number of aryl methyl sites for hydroxylation is 1. The minimum atomic E-state index is 0.399. The second kappa shape index (κ2) is 9.13. The Balaban J connectivity index is 1.62. The highest BCUT2D eigenvalue weighted by Gasteiger charge is 2.23. The summed E-state index contributed by atoms with van der Waals surface area (Å²) in [5.41, 5.74) is 2.43. The van der Waals surface area contributed by atoms with Crippen molar-refractivity contribution in [3.63, 3.8) is 0 Å². The van der Waals surface area contributed by atoms with Crippen LogP contribution in [0.25, 0.3) is 0 Å². The number of rotatable bonds is 7. The number of anilines is 2. The fourth-order valence-electron chi connectivity index (χ4n) is 3.62. The zero-order valence-electron chi connectivity index (χ0n) is 17.0. The summed E-state index contributed by atoms with van der Waals surface area (Å²) < 4.78 is 0. The molecule has 1 aliphatic heterocycles. The van der Waals surface area contributed by atoms with Crippen LogP contribution in [0.1, 0.15) is 50.4 Å². The van der Waals surface area contributed by atoms with E-state index >= 15 is 0 Å². The topological polar surface area (TPSA) is 57.2 Å². The number of pyridine rings is 1. The first-order chi connectivity index (χ1) is 13.1. The molecule has 0 aliphatic carbocycles. The molecule has 6 heteroatoms. The van der Waals surface area contributed by atoms with Crippen LogP contribution in [0.2, 0.25) is 0 Å². The molecule has 1 aliphatic rings. The van der Waals surface area contributed by atoms with Gasteiger partial charge in [-0.25, -0.2) is 4.98 Å². The average molecular weight is 369 g/mol. The van der Waals surface area contributed by atoms with E-state index in [1.807, 2.05) is 31.4 Å². The number of piperidine rings is 1. The monoisotopic (exact) mass is 368 g/mol. The molecule has 0 saturated carbocycles. The van der Waals surface area contributed by atoms with Crippen molar-refractivity contribution in [3.05, 3.63) is 41.9 Å². The lowest BCUT2D eigenvalue weighted by Gasteiger charge is -2.35. The summed E-state index contributed by atoms with van der Waals surface area (Å²) in [7, 11) is 4.00. The van der Waals surface area contributed by atoms with Gasteiger partial charge in [0.25, 0.3) is 0 Å². The van der Waals surface area contributed by atoms with Crippen molar-refractivity contribution in [3.8, 4) is 0 Å². The molecule has 0 amide bonds. The van der Waals surface area contributed by atoms with Crippen molar-refractivity contribution in [2.75, 3.05) is 37.0 Å². The fourth-order valence-corrected chi connectivity index (χ4v) is 3.62. The third-order valence-corrected chi connectivity index (χ3v) is 5.29. The highest BCUT2D eigenvalue weighted by Crippen LogP contribution is 2.24. The third kappa shape index (κ3) is 4.95. The molecule has 0 bridgehead atoms. The molecule has 1 N–H and O–H groups in total. The van der Waals surface area contributed by atoms with E-state index in [1.54, 1.807) is 0 Å². The van der Waals surface area contributed by atoms with Gasteiger partial charge in [0, 0.05) is 63.4 Å². The van der Waals surface area contributed by atoms with Gasteiger partial charge < -0.3 is 15.1 Å². The third-order valence-electron chi connectivity index (χ3n) is 5.29. The molecule has 2 aromatic rings. The second-order valence-corrected chi connectivity index (χ2v) is 7.43. The van der Waals surface area contributed by atoms with Gasteiger partial charge >= 0.3 is 0 Å². The Kier molecular flexibility index (Phi) is 6.61. The van der Waals surface area contributed by atoms with Gasteiger partial charge in [0.2, 0.25) is 5.95 Å². The first kappa shape index (κ1) is 19.5. The lowest BCUT2D eigenvalue weighted by atomic mass is 10.00. The predicted molar refractivity (Wildman–Crippen MR) is 111 cm³/mol. The Bertz CT molecular complexity index is 710. The molecular formula is C21H32N6. The van der Waals surface area contributed by atoms with E-state index in [2.05, 4.69) is 52.2 Å². The van der Waals surface area contributed by atoms with Gasteiger partial charge in [0.05, 0.1) is 0 Å². The van der Waals surface area contributed by atoms with Gasteiger partial charge in [0.15, 0.2) is 0 Å². The molecule has 0 unspecified atom stereocenters. The molecule has 146 valence electrons. The Morgan fingerprint density at radius 1 is 1.15 bits per heavy atom. The van der Waals surface area contributed by atoms with Crippen molar-refractivity contribution < 1.29 is 0 Å². The van der Waals surface area contributed by atoms with Crippen molar-refractivity contribution in [2.24, 2.45) is 0 Å². The maximum Gasteiger partial charge on any atom is 0.227 e. The Labute approximate surface area is 163 Å². The van der Waals surface area contributed by atoms with E-state index in [0.29, 0.717) is 12.1 Å². The van der Waals surface area contributed by atoms with Crippen molar-refractivity contribution in [2.45, 2.75) is 51.6 Å². The number of nitrogens with zero attached hydrogens (tertiary/aromatic N) is 5. The van der Waals surface area contributed by atoms with Crippen LogP contribution in [0.3, 0.4) is 0 Å². The van der Waals surface area contributed by atoms with E-state index in [4.69, 9.17) is 4.98 Å². The quantitative estimate of drug-likeness (QED) is 0.810. The van der Waals surface area contributed by atoms with Crippen LogP contribution in [0, 0.1) is 0 Å². The van der Waals surface area contributed by atoms with E-state index in [0.717, 1.165) is 56.2 Å². The van der Waals surface area contributed by atoms with Gasteiger partial charge in [-0.1, -0.05) is 13.8 Å². The van der Waals surface area contributed by atoms with Crippen LogP contribution in [-0.2, 0) is 6.42 Å². The van der Waals surface area contributed by atoms with Crippen LogP contribution in [0.15, 0.2) is 30.6 Å². The molecule has 0 aromatic carbocycles. The molecule has 0 spiro atoms. The Morgan fingerprint density at radius 2 is 1.85 bits per heavy atom. The zero-order chi connectivity index (χ0) is 19.2. The van der Waals surface area contributed by atoms with E-state index in [9.17, 15) is 0 Å². The van der Waals surface area contributed by atoms with Gasteiger partial charge in [-0.2, -0.15) is 4.98 Å². The summed E-state index contributed by atoms with van der Waals surface area (Å²) in [6.07, 6.45) is 8.03. The van der Waals surface area contributed by atoms with Crippen molar-refractivity contribution >= 4 is 11.8 Å². The van der Waals surface area contributed by atoms with Crippen LogP contribution in [0.5, 0.6) is 0 Å². The van der Waals surface area contributed by atoms with E-state index in [1.165, 1.54) is 5.56 Å². The summed E-state index contributed by atoms with van der Waals surface area (Å²) in [5.74, 6) is 1.86. The lowest BCUT2D eigenvalue weighted by molar-refractivity contribution is 0.363. The molecule has 3 heterocycles. The highest BCUT2D eigenvalue weighted by molar-refractivity contribution is 5.46. The zero-order valence-corrected chi connectivity index (χ0v) is 17.0. The molecule has 1 atom stereocenters. The van der Waals surface area contributed by atoms with Crippen LogP contribution < -0.4 is 15.1 Å². The summed E-state index contributed by atoms with van der Waals surface area (Å²) in [4.78, 5) is 17.9. The molecule has 6 nitrogen and oxygen atoms in total. The minimum Gasteiger partial charge on any atom is -0.356 e. The first-order valence-electron chi connectivity index (χ1n) is 10.1. The Hall–Kier alpha value is -2.21. The smallest absolute Gasteiger partial charge is 0.227 e. The maximum absolute atomic E-state index is 4.77. The van der Waals surface area contributed by atoms with Gasteiger partial charge in [-0.3, -0.25) is 4.98 Å². The molecule has 0 radical (unpaired) electrons. The summed E-state index contributed by atoms with van der Waals surface area (Å²) in [6.45, 7) is 6.43. The fraction of sp³-hybridized carbons (Fsp3) is 0.571. The minimum absolute atomic E-state index is 0.399. The van der Waals surface area contributed by atoms with Crippen LogP contribution in [0.4, 0.5) is 11.8 Å². The van der Waals surface area contributed by atoms with Crippen molar-refractivity contribution in [1.29, 1.82) is 0 Å². The molecule has 1 fully saturated rings. The molecular weight excluding hydrogens is 336 g/mol. The first-order valence-corrected chi connectivity index (χ1v) is 10.1. The largest absolute Gasteiger partial charge is 0.356 e.